The van der Waals surface area contributed by atoms with Crippen LogP contribution in [0, 0.1) is 0 Å². The zero-order valence-corrected chi connectivity index (χ0v) is 18.5. The molecule has 25 heavy (non-hydrogen) atoms. The molecule has 0 spiro atoms. The average molecular weight is 376 g/mol. The fourth-order valence-corrected chi connectivity index (χ4v) is 2.96. The second-order valence-electron chi connectivity index (χ2n) is 5.12. The van der Waals surface area contributed by atoms with E-state index in [1.165, 1.54) is 17.5 Å². The van der Waals surface area contributed by atoms with Gasteiger partial charge in [0.15, 0.2) is 11.5 Å². The molecule has 5 heteroatoms. The summed E-state index contributed by atoms with van der Waals surface area (Å²) in [6.45, 7) is 0. The molecule has 0 saturated heterocycles. The molecule has 3 aromatic rings. The second kappa shape index (κ2) is 10.3. The zero-order chi connectivity index (χ0) is 16.8. The Labute approximate surface area is 195 Å². The first-order valence-electron chi connectivity index (χ1n) is 7.56. The smallest absolute Gasteiger partial charge is 0.627 e. The number of hydrogen-bond acceptors (Lipinski definition) is 3. The van der Waals surface area contributed by atoms with Crippen molar-refractivity contribution in [1.82, 2.24) is 0 Å². The van der Waals surface area contributed by atoms with Gasteiger partial charge in [-0.15, -0.1) is 5.69 Å². The molecule has 0 aliphatic carbocycles. The van der Waals surface area contributed by atoms with Crippen molar-refractivity contribution in [3.05, 3.63) is 77.5 Å². The van der Waals surface area contributed by atoms with Crippen molar-refractivity contribution in [3.8, 4) is 22.6 Å². The summed E-state index contributed by atoms with van der Waals surface area (Å²) >= 11 is 1.42. The summed E-state index contributed by atoms with van der Waals surface area (Å²) in [5, 5.41) is 0. The minimum absolute atomic E-state index is 0. The van der Waals surface area contributed by atoms with Gasteiger partial charge >= 0.3 is 51.4 Å². The van der Waals surface area contributed by atoms with Crippen LogP contribution in [0.1, 0.15) is 0 Å². The van der Waals surface area contributed by atoms with Gasteiger partial charge in [-0.3, -0.25) is 0 Å². The number of rotatable bonds is 6. The van der Waals surface area contributed by atoms with Crippen molar-refractivity contribution in [2.45, 2.75) is 4.90 Å². The van der Waals surface area contributed by atoms with Gasteiger partial charge < -0.3 is 14.2 Å². The molecule has 0 amide bonds. The third-order valence-electron chi connectivity index (χ3n) is 3.56. The molecule has 3 rings (SSSR count). The Kier molecular flexibility index (Phi) is 8.35. The number of ether oxygens (including phenoxy) is 2. The molecule has 122 valence electrons. The summed E-state index contributed by atoms with van der Waals surface area (Å²) in [4.78, 5) is 0.998. The van der Waals surface area contributed by atoms with Crippen molar-refractivity contribution in [1.29, 1.82) is 0 Å². The van der Waals surface area contributed by atoms with Gasteiger partial charge in [0, 0.05) is 0 Å². The van der Waals surface area contributed by atoms with Gasteiger partial charge in [0.2, 0.25) is 0 Å². The Morgan fingerprint density at radius 1 is 0.720 bits per heavy atom. The predicted molar refractivity (Wildman–Crippen MR) is 100 cm³/mol. The third kappa shape index (κ3) is 5.51. The maximum atomic E-state index is 5.33. The number of hydrogen-bond donors (Lipinski definition) is 0. The van der Waals surface area contributed by atoms with Crippen molar-refractivity contribution in [2.24, 2.45) is 0 Å². The fraction of sp³-hybridized carbons (Fsp3) is 0.100. The molecule has 0 radical (unpaired) electrons. The molecule has 0 saturated carbocycles. The average Bonchev–Trinajstić information content (AvgIpc) is 2.67. The number of methoxy groups -OCH3 is 2. The summed E-state index contributed by atoms with van der Waals surface area (Å²) < 4.78 is 15.2. The van der Waals surface area contributed by atoms with Crippen LogP contribution in [0.4, 0.5) is 5.69 Å². The van der Waals surface area contributed by atoms with Gasteiger partial charge in [0.1, 0.15) is 0 Å². The number of benzene rings is 3. The van der Waals surface area contributed by atoms with Gasteiger partial charge in [-0.05, 0) is 34.2 Å². The Morgan fingerprint density at radius 2 is 1.44 bits per heavy atom. The van der Waals surface area contributed by atoms with Crippen LogP contribution in [0.3, 0.4) is 0 Å². The van der Waals surface area contributed by atoms with E-state index in [9.17, 15) is 0 Å². The molecule has 0 heterocycles. The van der Waals surface area contributed by atoms with Gasteiger partial charge in [0.05, 0.1) is 14.2 Å². The summed E-state index contributed by atoms with van der Waals surface area (Å²) in [6.07, 6.45) is 0. The van der Waals surface area contributed by atoms with Crippen molar-refractivity contribution in [3.63, 3.8) is 0 Å². The molecule has 3 nitrogen and oxygen atoms in total. The van der Waals surface area contributed by atoms with Crippen LogP contribution in [0.15, 0.2) is 77.7 Å². The molecule has 0 atom stereocenters. The minimum atomic E-state index is 0. The van der Waals surface area contributed by atoms with E-state index in [2.05, 4.69) is 29.0 Å². The van der Waals surface area contributed by atoms with E-state index in [-0.39, 0.29) is 51.4 Å². The van der Waals surface area contributed by atoms with Crippen molar-refractivity contribution < 1.29 is 60.9 Å². The Balaban J connectivity index is 0.00000225. The normalized spacial score (nSPS) is 9.84. The maximum absolute atomic E-state index is 5.33. The summed E-state index contributed by atoms with van der Waals surface area (Å²) in [5.41, 5.74) is 3.27. The first kappa shape index (κ1) is 20.4. The molecule has 0 fully saturated rings. The van der Waals surface area contributed by atoms with Crippen LogP contribution in [-0.4, -0.2) is 14.2 Å². The molecule has 0 aromatic heterocycles. The monoisotopic (exact) mass is 375 g/mol. The Morgan fingerprint density at radius 3 is 2.16 bits per heavy atom. The van der Waals surface area contributed by atoms with E-state index in [0.29, 0.717) is 11.5 Å². The SMILES string of the molecule is COc1ccc(S[N-]c2cccc(-c3ccccc3)c2)cc1OC.[K+]. The minimum Gasteiger partial charge on any atom is -0.627 e. The van der Waals surface area contributed by atoms with Gasteiger partial charge in [-0.2, -0.15) is 0 Å². The number of nitrogens with zero attached hydrogens (tertiary/aromatic N) is 1. The zero-order valence-electron chi connectivity index (χ0n) is 14.6. The first-order chi connectivity index (χ1) is 11.8. The van der Waals surface area contributed by atoms with E-state index in [4.69, 9.17) is 9.47 Å². The Bertz CT molecular complexity index is 812. The van der Waals surface area contributed by atoms with Crippen LogP contribution in [0.25, 0.3) is 15.8 Å². The molecule has 0 aliphatic rings. The molecular weight excluding hydrogens is 357 g/mol. The van der Waals surface area contributed by atoms with Crippen LogP contribution in [0.5, 0.6) is 11.5 Å². The first-order valence-corrected chi connectivity index (χ1v) is 8.33. The van der Waals surface area contributed by atoms with E-state index >= 15 is 0 Å². The summed E-state index contributed by atoms with van der Waals surface area (Å²) in [7, 11) is 3.26. The van der Waals surface area contributed by atoms with Crippen LogP contribution < -0.4 is 60.9 Å². The van der Waals surface area contributed by atoms with Gasteiger partial charge in [-0.25, -0.2) is 11.9 Å². The maximum Gasteiger partial charge on any atom is 1.00 e. The molecule has 3 aromatic carbocycles. The topological polar surface area (TPSA) is 32.6 Å². The molecule has 0 aliphatic heterocycles. The molecule has 0 N–H and O–H groups in total. The second-order valence-corrected chi connectivity index (χ2v) is 5.95. The third-order valence-corrected chi connectivity index (χ3v) is 4.33. The summed E-state index contributed by atoms with van der Waals surface area (Å²) in [5.74, 6) is 1.42. The predicted octanol–water partition coefficient (Wildman–Crippen LogP) is 3.09. The summed E-state index contributed by atoms with van der Waals surface area (Å²) in [6, 6.07) is 24.3. The molecular formula is C20H18KNO2S. The fourth-order valence-electron chi connectivity index (χ4n) is 2.35. The van der Waals surface area contributed by atoms with Gasteiger partial charge in [-0.1, -0.05) is 54.6 Å². The van der Waals surface area contributed by atoms with E-state index in [1.807, 2.05) is 48.5 Å². The van der Waals surface area contributed by atoms with Gasteiger partial charge in [0.25, 0.3) is 0 Å². The molecule has 0 unspecified atom stereocenters. The molecule has 0 bridgehead atoms. The Hall–Kier alpha value is -0.954. The van der Waals surface area contributed by atoms with E-state index in [1.54, 1.807) is 14.2 Å². The van der Waals surface area contributed by atoms with E-state index < -0.39 is 0 Å². The van der Waals surface area contributed by atoms with Crippen LogP contribution >= 0.6 is 11.9 Å². The van der Waals surface area contributed by atoms with E-state index in [0.717, 1.165) is 16.1 Å². The largest absolute Gasteiger partial charge is 1.00 e. The quantitative estimate of drug-likeness (QED) is 0.490. The van der Waals surface area contributed by atoms with Crippen LogP contribution in [0.2, 0.25) is 0 Å². The standard InChI is InChI=1S/C20H18NO2S.K/c1-22-19-12-11-18(14-20(19)23-2)24-21-17-10-6-9-16(13-17)15-7-4-3-5-8-15;/h3-14H,1-2H3;/q-1;+1. The van der Waals surface area contributed by atoms with Crippen LogP contribution in [-0.2, 0) is 0 Å². The van der Waals surface area contributed by atoms with Crippen molar-refractivity contribution >= 4 is 17.6 Å². The van der Waals surface area contributed by atoms with Crippen molar-refractivity contribution in [2.75, 3.05) is 14.2 Å².